The Morgan fingerprint density at radius 2 is 1.93 bits per heavy atom. The van der Waals surface area contributed by atoms with Crippen LogP contribution in [0.25, 0.3) is 0 Å². The van der Waals surface area contributed by atoms with Crippen LogP contribution < -0.4 is 0 Å². The van der Waals surface area contributed by atoms with Gasteiger partial charge in [0.25, 0.3) is 0 Å². The number of ether oxygens (including phenoxy) is 1. The zero-order chi connectivity index (χ0) is 11.1. The molecule has 0 aromatic carbocycles. The van der Waals surface area contributed by atoms with E-state index in [0.29, 0.717) is 0 Å². The van der Waals surface area contributed by atoms with Gasteiger partial charge in [-0.25, -0.2) is 9.79 Å². The molecule has 1 N–H and O–H groups in total. The summed E-state index contributed by atoms with van der Waals surface area (Å²) >= 11 is 0. The maximum Gasteiger partial charge on any atom is 0.340 e. The summed E-state index contributed by atoms with van der Waals surface area (Å²) in [6.07, 6.45) is 4.69. The largest absolute Gasteiger partial charge is 0.407 e. The molecule has 15 heavy (non-hydrogen) atoms. The van der Waals surface area contributed by atoms with Gasteiger partial charge in [-0.1, -0.05) is 19.3 Å². The van der Waals surface area contributed by atoms with Crippen molar-refractivity contribution >= 4 is 11.9 Å². The molecule has 2 rings (SSSR count). The average molecular weight is 211 g/mol. The molecule has 0 atom stereocenters. The molecule has 0 saturated heterocycles. The SMILES string of the molecule is CC(C)(O)C1=NC2(CCCCC2)C(=O)O1. The van der Waals surface area contributed by atoms with E-state index in [1.165, 1.54) is 0 Å². The number of hydrogen-bond acceptors (Lipinski definition) is 4. The molecule has 1 saturated carbocycles. The van der Waals surface area contributed by atoms with Gasteiger partial charge >= 0.3 is 5.97 Å². The first-order valence-electron chi connectivity index (χ1n) is 5.49. The number of hydrogen-bond donors (Lipinski definition) is 1. The lowest BCUT2D eigenvalue weighted by atomic mass is 9.82. The van der Waals surface area contributed by atoms with Gasteiger partial charge in [-0.15, -0.1) is 0 Å². The Kier molecular flexibility index (Phi) is 2.34. The van der Waals surface area contributed by atoms with E-state index in [1.807, 2.05) is 0 Å². The molecule has 0 aromatic rings. The molecule has 0 aromatic heterocycles. The van der Waals surface area contributed by atoms with Gasteiger partial charge in [0.05, 0.1) is 0 Å². The van der Waals surface area contributed by atoms with Gasteiger partial charge in [-0.05, 0) is 26.7 Å². The van der Waals surface area contributed by atoms with E-state index in [1.54, 1.807) is 13.8 Å². The monoisotopic (exact) mass is 211 g/mol. The highest BCUT2D eigenvalue weighted by atomic mass is 16.6. The predicted molar refractivity (Wildman–Crippen MR) is 55.6 cm³/mol. The van der Waals surface area contributed by atoms with Crippen molar-refractivity contribution in [3.63, 3.8) is 0 Å². The van der Waals surface area contributed by atoms with Crippen molar-refractivity contribution in [1.29, 1.82) is 0 Å². The Morgan fingerprint density at radius 3 is 2.40 bits per heavy atom. The first-order chi connectivity index (χ1) is 6.94. The summed E-state index contributed by atoms with van der Waals surface area (Å²) in [7, 11) is 0. The highest BCUT2D eigenvalue weighted by molar-refractivity contribution is 6.03. The zero-order valence-electron chi connectivity index (χ0n) is 9.25. The highest BCUT2D eigenvalue weighted by Gasteiger charge is 2.49. The van der Waals surface area contributed by atoms with Crippen LogP contribution in [0.1, 0.15) is 46.0 Å². The smallest absolute Gasteiger partial charge is 0.340 e. The Bertz CT molecular complexity index is 308. The van der Waals surface area contributed by atoms with Crippen LogP contribution in [0.15, 0.2) is 4.99 Å². The van der Waals surface area contributed by atoms with Crippen LogP contribution in [-0.4, -0.2) is 28.1 Å². The van der Waals surface area contributed by atoms with Gasteiger partial charge < -0.3 is 9.84 Å². The first kappa shape index (κ1) is 10.6. The van der Waals surface area contributed by atoms with Crippen LogP contribution in [-0.2, 0) is 9.53 Å². The summed E-state index contributed by atoms with van der Waals surface area (Å²) in [5.74, 6) is -0.103. The number of aliphatic hydroxyl groups is 1. The van der Waals surface area contributed by atoms with Crippen LogP contribution in [0.3, 0.4) is 0 Å². The van der Waals surface area contributed by atoms with E-state index in [9.17, 15) is 9.90 Å². The lowest BCUT2D eigenvalue weighted by Crippen LogP contribution is -2.36. The fourth-order valence-corrected chi connectivity index (χ4v) is 2.16. The fraction of sp³-hybridized carbons (Fsp3) is 0.818. The third-order valence-corrected chi connectivity index (χ3v) is 3.09. The van der Waals surface area contributed by atoms with Crippen molar-refractivity contribution in [2.24, 2.45) is 4.99 Å². The molecular formula is C11H17NO3. The molecule has 4 nitrogen and oxygen atoms in total. The quantitative estimate of drug-likeness (QED) is 0.667. The molecule has 1 aliphatic carbocycles. The van der Waals surface area contributed by atoms with Crippen molar-refractivity contribution in [1.82, 2.24) is 0 Å². The number of aliphatic imine (C=N–C) groups is 1. The topological polar surface area (TPSA) is 58.9 Å². The minimum Gasteiger partial charge on any atom is -0.407 e. The van der Waals surface area contributed by atoms with Crippen LogP contribution in [0.5, 0.6) is 0 Å². The van der Waals surface area contributed by atoms with Crippen molar-refractivity contribution < 1.29 is 14.6 Å². The molecule has 0 amide bonds. The number of rotatable bonds is 1. The third kappa shape index (κ3) is 1.78. The van der Waals surface area contributed by atoms with Crippen molar-refractivity contribution in [3.05, 3.63) is 0 Å². The number of carbonyl (C=O) groups excluding carboxylic acids is 1. The number of nitrogens with zero attached hydrogens (tertiary/aromatic N) is 1. The zero-order valence-corrected chi connectivity index (χ0v) is 9.25. The van der Waals surface area contributed by atoms with Crippen LogP contribution >= 0.6 is 0 Å². The molecule has 1 spiro atoms. The number of cyclic esters (lactones) is 1. The summed E-state index contributed by atoms with van der Waals surface area (Å²) in [5, 5.41) is 9.74. The average Bonchev–Trinajstić information content (AvgIpc) is 2.45. The molecule has 84 valence electrons. The Labute approximate surface area is 89.3 Å². The second-order valence-corrected chi connectivity index (χ2v) is 4.96. The summed E-state index contributed by atoms with van der Waals surface area (Å²) in [5.41, 5.74) is -1.83. The van der Waals surface area contributed by atoms with Gasteiger partial charge in [0.1, 0.15) is 5.60 Å². The summed E-state index contributed by atoms with van der Waals surface area (Å²) in [4.78, 5) is 16.1. The minimum absolute atomic E-state index is 0.175. The molecule has 0 radical (unpaired) electrons. The Hall–Kier alpha value is -0.900. The van der Waals surface area contributed by atoms with Gasteiger partial charge in [0.15, 0.2) is 5.54 Å². The van der Waals surface area contributed by atoms with E-state index >= 15 is 0 Å². The first-order valence-corrected chi connectivity index (χ1v) is 5.49. The number of carbonyl (C=O) groups is 1. The molecule has 1 heterocycles. The maximum absolute atomic E-state index is 11.8. The Balaban J connectivity index is 2.26. The Morgan fingerprint density at radius 1 is 1.33 bits per heavy atom. The van der Waals surface area contributed by atoms with E-state index < -0.39 is 11.1 Å². The molecular weight excluding hydrogens is 194 g/mol. The highest BCUT2D eigenvalue weighted by Crippen LogP contribution is 2.37. The van der Waals surface area contributed by atoms with Crippen LogP contribution in [0.4, 0.5) is 0 Å². The summed E-state index contributed by atoms with van der Waals surface area (Å²) in [6.45, 7) is 3.17. The maximum atomic E-state index is 11.8. The lowest BCUT2D eigenvalue weighted by molar-refractivity contribution is -0.140. The second-order valence-electron chi connectivity index (χ2n) is 4.96. The molecule has 1 fully saturated rings. The van der Waals surface area contributed by atoms with Crippen molar-refractivity contribution in [2.45, 2.75) is 57.1 Å². The molecule has 0 bridgehead atoms. The van der Waals surface area contributed by atoms with Crippen LogP contribution in [0, 0.1) is 0 Å². The van der Waals surface area contributed by atoms with Crippen molar-refractivity contribution in [2.75, 3.05) is 0 Å². The summed E-state index contributed by atoms with van der Waals surface area (Å²) < 4.78 is 5.08. The standard InChI is InChI=1S/C11H17NO3/c1-10(2,14)8-12-11(9(13)15-8)6-4-3-5-7-11/h14H,3-7H2,1-2H3. The van der Waals surface area contributed by atoms with Gasteiger partial charge in [0, 0.05) is 0 Å². The van der Waals surface area contributed by atoms with Crippen molar-refractivity contribution in [3.8, 4) is 0 Å². The van der Waals surface area contributed by atoms with E-state index in [0.717, 1.165) is 32.1 Å². The van der Waals surface area contributed by atoms with Gasteiger partial charge in [-0.3, -0.25) is 0 Å². The molecule has 4 heteroatoms. The normalized spacial score (nSPS) is 25.3. The molecule has 0 unspecified atom stereocenters. The number of esters is 1. The molecule has 2 aliphatic rings. The lowest BCUT2D eigenvalue weighted by Gasteiger charge is -2.25. The van der Waals surface area contributed by atoms with Crippen LogP contribution in [0.2, 0.25) is 0 Å². The van der Waals surface area contributed by atoms with Gasteiger partial charge in [-0.2, -0.15) is 0 Å². The van der Waals surface area contributed by atoms with E-state index in [-0.39, 0.29) is 11.9 Å². The van der Waals surface area contributed by atoms with Gasteiger partial charge in [0.2, 0.25) is 5.90 Å². The minimum atomic E-state index is -1.16. The second kappa shape index (κ2) is 3.30. The van der Waals surface area contributed by atoms with E-state index in [4.69, 9.17) is 4.74 Å². The summed E-state index contributed by atoms with van der Waals surface area (Å²) in [6, 6.07) is 0. The predicted octanol–water partition coefficient (Wildman–Crippen LogP) is 1.42. The molecule has 1 aliphatic heterocycles. The fourth-order valence-electron chi connectivity index (χ4n) is 2.16. The van der Waals surface area contributed by atoms with E-state index in [2.05, 4.69) is 4.99 Å². The third-order valence-electron chi connectivity index (χ3n) is 3.09.